The SMILES string of the molecule is C[n+]1c2ccccc2n2c3ccccc3c(-c3ccccc3)c(-c3ccccc3)c21. The fraction of sp³-hybridized carbons (Fsp3) is 0.0357. The Morgan fingerprint density at radius 2 is 1.07 bits per heavy atom. The van der Waals surface area contributed by atoms with Gasteiger partial charge in [0.2, 0.25) is 0 Å². The van der Waals surface area contributed by atoms with Gasteiger partial charge in [-0.05, 0) is 29.3 Å². The van der Waals surface area contributed by atoms with Crippen LogP contribution in [-0.2, 0) is 7.05 Å². The van der Waals surface area contributed by atoms with Crippen LogP contribution in [0.1, 0.15) is 0 Å². The average Bonchev–Trinajstić information content (AvgIpc) is 3.12. The summed E-state index contributed by atoms with van der Waals surface area (Å²) >= 11 is 0. The van der Waals surface area contributed by atoms with Crippen molar-refractivity contribution in [2.45, 2.75) is 0 Å². The molecule has 2 nitrogen and oxygen atoms in total. The molecule has 0 spiro atoms. The lowest BCUT2D eigenvalue weighted by atomic mass is 9.92. The van der Waals surface area contributed by atoms with Crippen LogP contribution in [0.2, 0.25) is 0 Å². The van der Waals surface area contributed by atoms with E-state index in [1.165, 1.54) is 49.8 Å². The topological polar surface area (TPSA) is 8.29 Å². The molecular weight excluding hydrogens is 364 g/mol. The second-order valence-electron chi connectivity index (χ2n) is 7.71. The van der Waals surface area contributed by atoms with Gasteiger partial charge in [-0.1, -0.05) is 91.0 Å². The van der Waals surface area contributed by atoms with Crippen LogP contribution in [0, 0.1) is 0 Å². The Kier molecular flexibility index (Phi) is 3.72. The van der Waals surface area contributed by atoms with Crippen LogP contribution in [0.4, 0.5) is 0 Å². The molecule has 0 saturated carbocycles. The summed E-state index contributed by atoms with van der Waals surface area (Å²) in [5.41, 5.74) is 9.89. The van der Waals surface area contributed by atoms with Crippen molar-refractivity contribution < 1.29 is 4.57 Å². The number of para-hydroxylation sites is 3. The van der Waals surface area contributed by atoms with E-state index in [1.807, 2.05) is 0 Å². The molecule has 0 aliphatic heterocycles. The molecule has 0 amide bonds. The Morgan fingerprint density at radius 1 is 0.533 bits per heavy atom. The normalized spacial score (nSPS) is 11.5. The zero-order valence-corrected chi connectivity index (χ0v) is 16.8. The number of benzene rings is 4. The molecule has 0 aliphatic rings. The van der Waals surface area contributed by atoms with Crippen molar-refractivity contribution in [1.82, 2.24) is 4.40 Å². The smallest absolute Gasteiger partial charge is 0.225 e. The maximum atomic E-state index is 2.42. The van der Waals surface area contributed by atoms with E-state index in [4.69, 9.17) is 0 Å². The summed E-state index contributed by atoms with van der Waals surface area (Å²) in [5.74, 6) is 0. The van der Waals surface area contributed by atoms with Gasteiger partial charge in [-0.25, -0.2) is 4.57 Å². The number of aromatic nitrogens is 2. The standard InChI is InChI=1S/C28H21N2/c1-29-24-18-10-11-19-25(24)30-23-17-9-8-16-22(23)26(20-12-4-2-5-13-20)27(28(29)30)21-14-6-3-7-15-21/h2-19H,1H3/q+1. The summed E-state index contributed by atoms with van der Waals surface area (Å²) in [4.78, 5) is 0. The lowest BCUT2D eigenvalue weighted by Gasteiger charge is -2.14. The minimum Gasteiger partial charge on any atom is -0.225 e. The summed E-state index contributed by atoms with van der Waals surface area (Å²) in [6.45, 7) is 0. The molecule has 2 aromatic heterocycles. The van der Waals surface area contributed by atoms with E-state index in [9.17, 15) is 0 Å². The van der Waals surface area contributed by atoms with Crippen molar-refractivity contribution in [3.8, 4) is 22.3 Å². The van der Waals surface area contributed by atoms with E-state index in [-0.39, 0.29) is 0 Å². The van der Waals surface area contributed by atoms with E-state index in [2.05, 4.69) is 125 Å². The summed E-state index contributed by atoms with van der Waals surface area (Å²) < 4.78 is 4.75. The van der Waals surface area contributed by atoms with Crippen molar-refractivity contribution in [2.24, 2.45) is 7.05 Å². The fourth-order valence-corrected chi connectivity index (χ4v) is 4.75. The van der Waals surface area contributed by atoms with E-state index in [1.54, 1.807) is 0 Å². The van der Waals surface area contributed by atoms with Gasteiger partial charge in [0, 0.05) is 10.9 Å². The summed E-state index contributed by atoms with van der Waals surface area (Å²) in [7, 11) is 2.17. The minimum atomic E-state index is 1.21. The average molecular weight is 385 g/mol. The highest BCUT2D eigenvalue weighted by Gasteiger charge is 2.27. The Hall–Kier alpha value is -3.91. The van der Waals surface area contributed by atoms with Crippen LogP contribution >= 0.6 is 0 Å². The molecule has 0 saturated heterocycles. The number of nitrogens with zero attached hydrogens (tertiary/aromatic N) is 2. The van der Waals surface area contributed by atoms with Gasteiger partial charge in [0.25, 0.3) is 5.65 Å². The molecule has 0 fully saturated rings. The molecule has 142 valence electrons. The van der Waals surface area contributed by atoms with Crippen molar-refractivity contribution in [1.29, 1.82) is 0 Å². The number of hydrogen-bond acceptors (Lipinski definition) is 0. The predicted octanol–water partition coefficient (Wildman–Crippen LogP) is 6.40. The number of fused-ring (bicyclic) bond motifs is 5. The third-order valence-electron chi connectivity index (χ3n) is 6.03. The minimum absolute atomic E-state index is 1.21. The van der Waals surface area contributed by atoms with Crippen LogP contribution in [0.3, 0.4) is 0 Å². The van der Waals surface area contributed by atoms with Crippen molar-refractivity contribution >= 4 is 27.6 Å². The maximum Gasteiger partial charge on any atom is 0.296 e. The number of aryl methyl sites for hydroxylation is 1. The highest BCUT2D eigenvalue weighted by Crippen LogP contribution is 2.41. The Bertz CT molecular complexity index is 1530. The number of hydrogen-bond donors (Lipinski definition) is 0. The number of pyridine rings is 1. The largest absolute Gasteiger partial charge is 0.296 e. The molecule has 4 aromatic carbocycles. The Labute approximate surface area is 175 Å². The van der Waals surface area contributed by atoms with Gasteiger partial charge in [-0.15, -0.1) is 0 Å². The first kappa shape index (κ1) is 17.0. The van der Waals surface area contributed by atoms with Crippen LogP contribution in [0.25, 0.3) is 49.8 Å². The lowest BCUT2D eigenvalue weighted by molar-refractivity contribution is -0.617. The highest BCUT2D eigenvalue weighted by molar-refractivity contribution is 6.08. The van der Waals surface area contributed by atoms with Crippen LogP contribution < -0.4 is 4.57 Å². The Morgan fingerprint density at radius 3 is 1.77 bits per heavy atom. The first-order chi connectivity index (χ1) is 14.8. The molecule has 0 atom stereocenters. The zero-order chi connectivity index (χ0) is 20.1. The van der Waals surface area contributed by atoms with Gasteiger partial charge < -0.3 is 0 Å². The van der Waals surface area contributed by atoms with E-state index in [0.717, 1.165) is 0 Å². The lowest BCUT2D eigenvalue weighted by Crippen LogP contribution is -2.28. The van der Waals surface area contributed by atoms with E-state index >= 15 is 0 Å². The molecule has 0 aliphatic carbocycles. The van der Waals surface area contributed by atoms with Crippen molar-refractivity contribution in [3.63, 3.8) is 0 Å². The summed E-state index contributed by atoms with van der Waals surface area (Å²) in [6.07, 6.45) is 0. The third-order valence-corrected chi connectivity index (χ3v) is 6.03. The third kappa shape index (κ3) is 2.34. The quantitative estimate of drug-likeness (QED) is 0.305. The second kappa shape index (κ2) is 6.57. The van der Waals surface area contributed by atoms with E-state index in [0.29, 0.717) is 0 Å². The second-order valence-corrected chi connectivity index (χ2v) is 7.71. The van der Waals surface area contributed by atoms with Crippen molar-refractivity contribution in [2.75, 3.05) is 0 Å². The molecule has 2 heterocycles. The number of imidazole rings is 1. The van der Waals surface area contributed by atoms with Crippen LogP contribution in [0.5, 0.6) is 0 Å². The highest BCUT2D eigenvalue weighted by atomic mass is 15.1. The molecule has 6 rings (SSSR count). The molecule has 0 bridgehead atoms. The first-order valence-electron chi connectivity index (χ1n) is 10.3. The van der Waals surface area contributed by atoms with Gasteiger partial charge >= 0.3 is 0 Å². The molecule has 2 heteroatoms. The van der Waals surface area contributed by atoms with Crippen LogP contribution in [0.15, 0.2) is 109 Å². The first-order valence-corrected chi connectivity index (χ1v) is 10.3. The molecule has 0 unspecified atom stereocenters. The molecular formula is C28H21N2+. The molecule has 0 radical (unpaired) electrons. The van der Waals surface area contributed by atoms with Gasteiger partial charge in [-0.3, -0.25) is 0 Å². The summed E-state index contributed by atoms with van der Waals surface area (Å²) in [5, 5.41) is 1.26. The number of rotatable bonds is 2. The van der Waals surface area contributed by atoms with Gasteiger partial charge in [0.05, 0.1) is 12.6 Å². The molecule has 30 heavy (non-hydrogen) atoms. The van der Waals surface area contributed by atoms with E-state index < -0.39 is 0 Å². The molecule has 0 N–H and O–H groups in total. The predicted molar refractivity (Wildman–Crippen MR) is 124 cm³/mol. The Balaban J connectivity index is 1.97. The maximum absolute atomic E-state index is 2.42. The zero-order valence-electron chi connectivity index (χ0n) is 16.8. The van der Waals surface area contributed by atoms with Gasteiger partial charge in [0.15, 0.2) is 11.0 Å². The summed E-state index contributed by atoms with van der Waals surface area (Å²) in [6, 6.07) is 38.9. The van der Waals surface area contributed by atoms with Gasteiger partial charge in [-0.2, -0.15) is 4.40 Å². The molecule has 6 aromatic rings. The monoisotopic (exact) mass is 385 g/mol. The van der Waals surface area contributed by atoms with Crippen molar-refractivity contribution in [3.05, 3.63) is 109 Å². The van der Waals surface area contributed by atoms with Gasteiger partial charge in [0.1, 0.15) is 5.52 Å². The fourth-order valence-electron chi connectivity index (χ4n) is 4.75. The van der Waals surface area contributed by atoms with Crippen LogP contribution in [-0.4, -0.2) is 4.40 Å².